The molecule has 0 saturated heterocycles. The molecular weight excluding hydrogens is 602 g/mol. The van der Waals surface area contributed by atoms with Gasteiger partial charge in [0, 0.05) is 46.3 Å². The van der Waals surface area contributed by atoms with Crippen LogP contribution in [0.3, 0.4) is 0 Å². The van der Waals surface area contributed by atoms with Gasteiger partial charge in [0.15, 0.2) is 5.60 Å². The van der Waals surface area contributed by atoms with E-state index in [1.807, 2.05) is 6.07 Å². The largest absolute Gasteiger partial charge is 0.478 e. The molecule has 49 heavy (non-hydrogen) atoms. The smallest absolute Gasteiger partial charge is 0.335 e. The minimum absolute atomic E-state index is 0.268. The summed E-state index contributed by atoms with van der Waals surface area (Å²) in [5.41, 5.74) is 8.77. The van der Waals surface area contributed by atoms with Gasteiger partial charge < -0.3 is 14.7 Å². The molecule has 244 valence electrons. The van der Waals surface area contributed by atoms with Crippen LogP contribution < -0.4 is 9.64 Å². The molecule has 4 aliphatic rings. The van der Waals surface area contributed by atoms with E-state index >= 15 is 0 Å². The van der Waals surface area contributed by atoms with Crippen LogP contribution in [0.15, 0.2) is 115 Å². The molecule has 9 rings (SSSR count). The van der Waals surface area contributed by atoms with E-state index in [2.05, 4.69) is 114 Å². The summed E-state index contributed by atoms with van der Waals surface area (Å²) in [4.78, 5) is 14.7. The molecule has 2 aliphatic heterocycles. The zero-order valence-electron chi connectivity index (χ0n) is 27.8. The van der Waals surface area contributed by atoms with Gasteiger partial charge in [0.05, 0.1) is 5.56 Å². The predicted molar refractivity (Wildman–Crippen MR) is 199 cm³/mol. The highest BCUT2D eigenvalue weighted by Gasteiger charge is 2.48. The molecule has 1 spiro atoms. The summed E-state index contributed by atoms with van der Waals surface area (Å²) in [7, 11) is 0. The van der Waals surface area contributed by atoms with Gasteiger partial charge in [-0.15, -0.1) is 0 Å². The summed E-state index contributed by atoms with van der Waals surface area (Å²) in [5, 5.41) is 12.4. The van der Waals surface area contributed by atoms with Crippen molar-refractivity contribution in [3.8, 4) is 16.9 Å². The van der Waals surface area contributed by atoms with Crippen molar-refractivity contribution in [1.29, 1.82) is 0 Å². The van der Waals surface area contributed by atoms with Crippen LogP contribution in [0.5, 0.6) is 5.75 Å². The van der Waals surface area contributed by atoms with E-state index in [1.54, 1.807) is 6.07 Å². The number of carboxylic acids is 1. The highest BCUT2D eigenvalue weighted by atomic mass is 16.5. The normalized spacial score (nSPS) is 20.6. The molecule has 1 fully saturated rings. The van der Waals surface area contributed by atoms with Gasteiger partial charge in [0.25, 0.3) is 0 Å². The molecule has 1 saturated carbocycles. The van der Waals surface area contributed by atoms with E-state index in [-0.39, 0.29) is 5.41 Å². The van der Waals surface area contributed by atoms with Gasteiger partial charge >= 0.3 is 5.97 Å². The van der Waals surface area contributed by atoms with Crippen molar-refractivity contribution >= 4 is 28.5 Å². The highest BCUT2D eigenvalue weighted by Crippen LogP contribution is 2.61. The van der Waals surface area contributed by atoms with Crippen LogP contribution >= 0.6 is 0 Å². The number of ether oxygens (including phenoxy) is 1. The third kappa shape index (κ3) is 4.68. The number of rotatable bonds is 4. The zero-order valence-corrected chi connectivity index (χ0v) is 27.8. The van der Waals surface area contributed by atoms with Crippen LogP contribution in [0.25, 0.3) is 28.0 Å². The fourth-order valence-corrected chi connectivity index (χ4v) is 9.28. The van der Waals surface area contributed by atoms with E-state index in [0.717, 1.165) is 73.0 Å². The van der Waals surface area contributed by atoms with Crippen LogP contribution in [0.4, 0.5) is 5.69 Å². The Labute approximate surface area is 288 Å². The predicted octanol–water partition coefficient (Wildman–Crippen LogP) is 10.7. The van der Waals surface area contributed by atoms with Crippen LogP contribution in [-0.2, 0) is 11.0 Å². The lowest BCUT2D eigenvalue weighted by Crippen LogP contribution is -2.35. The average Bonchev–Trinajstić information content (AvgIpc) is 3.44. The first kappa shape index (κ1) is 30.0. The third-order valence-electron chi connectivity index (χ3n) is 11.6. The van der Waals surface area contributed by atoms with Gasteiger partial charge in [0.1, 0.15) is 5.75 Å². The van der Waals surface area contributed by atoms with Crippen LogP contribution in [0, 0.1) is 0 Å². The van der Waals surface area contributed by atoms with Gasteiger partial charge in [-0.3, -0.25) is 0 Å². The van der Waals surface area contributed by atoms with Crippen LogP contribution in [-0.4, -0.2) is 24.2 Å². The molecule has 0 bridgehead atoms. The monoisotopic (exact) mass is 643 g/mol. The molecule has 0 aromatic heterocycles. The highest BCUT2D eigenvalue weighted by molar-refractivity contribution is 6.09. The Kier molecular flexibility index (Phi) is 7.23. The number of fused-ring (bicyclic) bond motifs is 10. The fourth-order valence-electron chi connectivity index (χ4n) is 9.28. The standard InChI is InChI=1S/C45H41NO3/c47-43(48)31-18-23-37-39(30-31)44(25-10-2-1-3-11-26-44)41-38-24-27-45(32-14-6-4-7-15-32,49-42(38)36-17-9-8-16-35(36)40(37)41)33-19-21-34(22-20-33)46-28-12-5-13-29-46/h4-9,12,14-24,27,30H,1-3,10-11,13,25-26,28-29H2,(H,47,48). The lowest BCUT2D eigenvalue weighted by molar-refractivity contribution is 0.0696. The second-order valence-electron chi connectivity index (χ2n) is 14.2. The number of anilines is 1. The van der Waals surface area contributed by atoms with Crippen molar-refractivity contribution in [2.45, 2.75) is 62.4 Å². The Bertz CT molecular complexity index is 2140. The van der Waals surface area contributed by atoms with Crippen molar-refractivity contribution in [2.75, 3.05) is 18.0 Å². The van der Waals surface area contributed by atoms with E-state index in [4.69, 9.17) is 4.74 Å². The molecule has 1 N–H and O–H groups in total. The molecule has 2 aliphatic carbocycles. The second-order valence-corrected chi connectivity index (χ2v) is 14.2. The molecule has 5 aromatic rings. The minimum Gasteiger partial charge on any atom is -0.478 e. The zero-order chi connectivity index (χ0) is 33.0. The SMILES string of the molecule is O=C(O)c1ccc2c(c1)C1(CCCCCCC1)c1c3c(c4ccccc4c1-2)OC(c1ccccc1)(c1ccc(N2CC=CCC2)cc1)C=C3. The number of hydrogen-bond acceptors (Lipinski definition) is 3. The maximum atomic E-state index is 12.3. The van der Waals surface area contributed by atoms with Gasteiger partial charge in [-0.1, -0.05) is 123 Å². The first-order valence-corrected chi connectivity index (χ1v) is 18.0. The van der Waals surface area contributed by atoms with E-state index in [1.165, 1.54) is 52.6 Å². The molecule has 2 heterocycles. The van der Waals surface area contributed by atoms with E-state index in [9.17, 15) is 9.90 Å². The van der Waals surface area contributed by atoms with Gasteiger partial charge in [-0.05, 0) is 77.2 Å². The number of carboxylic acid groups (broad SMARTS) is 1. The first-order chi connectivity index (χ1) is 24.1. The number of hydrogen-bond donors (Lipinski definition) is 1. The number of benzene rings is 5. The molecule has 5 aromatic carbocycles. The first-order valence-electron chi connectivity index (χ1n) is 18.0. The molecule has 4 nitrogen and oxygen atoms in total. The summed E-state index contributed by atoms with van der Waals surface area (Å²) in [5.74, 6) is 0.0453. The average molecular weight is 644 g/mol. The summed E-state index contributed by atoms with van der Waals surface area (Å²) >= 11 is 0. The molecule has 0 amide bonds. The van der Waals surface area contributed by atoms with Crippen molar-refractivity contribution in [2.24, 2.45) is 0 Å². The van der Waals surface area contributed by atoms with Crippen molar-refractivity contribution in [3.05, 3.63) is 149 Å². The van der Waals surface area contributed by atoms with Gasteiger partial charge in [-0.2, -0.15) is 0 Å². The van der Waals surface area contributed by atoms with Crippen molar-refractivity contribution < 1.29 is 14.6 Å². The van der Waals surface area contributed by atoms with Gasteiger partial charge in [0.2, 0.25) is 0 Å². The number of carbonyl (C=O) groups is 1. The molecule has 4 heteroatoms. The minimum atomic E-state index is -0.870. The fraction of sp³-hybridized carbons (Fsp3) is 0.267. The molecule has 1 unspecified atom stereocenters. The Morgan fingerprint density at radius 2 is 1.47 bits per heavy atom. The lowest BCUT2D eigenvalue weighted by Gasteiger charge is -2.40. The summed E-state index contributed by atoms with van der Waals surface area (Å²) in [6.45, 7) is 1.96. The number of nitrogens with zero attached hydrogens (tertiary/aromatic N) is 1. The molecular formula is C45H41NO3. The third-order valence-corrected chi connectivity index (χ3v) is 11.6. The topological polar surface area (TPSA) is 49.8 Å². The quantitative estimate of drug-likeness (QED) is 0.198. The maximum Gasteiger partial charge on any atom is 0.335 e. The Balaban J connectivity index is 1.28. The second kappa shape index (κ2) is 11.8. The Hall–Kier alpha value is -5.09. The molecule has 1 atom stereocenters. The maximum absolute atomic E-state index is 12.3. The van der Waals surface area contributed by atoms with Crippen LogP contribution in [0.2, 0.25) is 0 Å². The summed E-state index contributed by atoms with van der Waals surface area (Å²) in [6, 6.07) is 34.1. The summed E-state index contributed by atoms with van der Waals surface area (Å²) in [6.07, 6.45) is 18.1. The van der Waals surface area contributed by atoms with Crippen LogP contribution in [0.1, 0.15) is 89.5 Å². The van der Waals surface area contributed by atoms with E-state index in [0.29, 0.717) is 5.56 Å². The van der Waals surface area contributed by atoms with Crippen molar-refractivity contribution in [3.63, 3.8) is 0 Å². The number of aromatic carboxylic acids is 1. The Morgan fingerprint density at radius 1 is 0.755 bits per heavy atom. The lowest BCUT2D eigenvalue weighted by atomic mass is 9.67. The Morgan fingerprint density at radius 3 is 2.20 bits per heavy atom. The van der Waals surface area contributed by atoms with E-state index < -0.39 is 11.6 Å². The summed E-state index contributed by atoms with van der Waals surface area (Å²) < 4.78 is 7.56. The van der Waals surface area contributed by atoms with Gasteiger partial charge in [-0.25, -0.2) is 4.79 Å². The van der Waals surface area contributed by atoms with Crippen molar-refractivity contribution in [1.82, 2.24) is 0 Å². The molecule has 0 radical (unpaired) electrons.